The van der Waals surface area contributed by atoms with Crippen molar-refractivity contribution in [3.63, 3.8) is 0 Å². The van der Waals surface area contributed by atoms with Crippen molar-refractivity contribution in [1.82, 2.24) is 20.1 Å². The quantitative estimate of drug-likeness (QED) is 0.685. The van der Waals surface area contributed by atoms with Crippen LogP contribution in [-0.4, -0.2) is 61.5 Å². The summed E-state index contributed by atoms with van der Waals surface area (Å²) in [4.78, 5) is 37.7. The number of carbonyl (C=O) groups is 3. The maximum Gasteiger partial charge on any atom is 0.269 e. The molecule has 0 radical (unpaired) electrons. The van der Waals surface area contributed by atoms with Gasteiger partial charge in [0.25, 0.3) is 5.91 Å². The third-order valence-electron chi connectivity index (χ3n) is 5.43. The van der Waals surface area contributed by atoms with E-state index in [-0.39, 0.29) is 28.2 Å². The summed E-state index contributed by atoms with van der Waals surface area (Å²) in [5, 5.41) is 0. The number of hydrogen-bond donors (Lipinski definition) is 2. The van der Waals surface area contributed by atoms with Gasteiger partial charge in [0.05, 0.1) is 4.90 Å². The third-order valence-corrected chi connectivity index (χ3v) is 7.34. The molecule has 0 spiro atoms. The summed E-state index contributed by atoms with van der Waals surface area (Å²) in [5.41, 5.74) is 5.03. The molecule has 0 saturated carbocycles. The van der Waals surface area contributed by atoms with Gasteiger partial charge < -0.3 is 4.90 Å². The van der Waals surface area contributed by atoms with Crippen LogP contribution in [0.15, 0.2) is 29.2 Å². The smallest absolute Gasteiger partial charge is 0.269 e. The lowest BCUT2D eigenvalue weighted by molar-refractivity contribution is -0.134. The molecule has 10 heteroatoms. The van der Waals surface area contributed by atoms with Gasteiger partial charge in [-0.25, -0.2) is 8.42 Å². The fraction of sp³-hybridized carbons (Fsp3) is 0.526. The van der Waals surface area contributed by atoms with Gasteiger partial charge in [0.15, 0.2) is 0 Å². The molecule has 1 aromatic rings. The van der Waals surface area contributed by atoms with Gasteiger partial charge >= 0.3 is 0 Å². The van der Waals surface area contributed by atoms with Crippen LogP contribution in [0.25, 0.3) is 0 Å². The number of rotatable bonds is 4. The molecule has 29 heavy (non-hydrogen) atoms. The Balaban J connectivity index is 1.52. The van der Waals surface area contributed by atoms with E-state index in [0.717, 1.165) is 12.8 Å². The molecule has 0 bridgehead atoms. The van der Waals surface area contributed by atoms with Crippen molar-refractivity contribution in [2.45, 2.75) is 37.5 Å². The van der Waals surface area contributed by atoms with Gasteiger partial charge in [0.1, 0.15) is 0 Å². The molecule has 3 rings (SSSR count). The second-order valence-corrected chi connectivity index (χ2v) is 9.30. The molecule has 2 N–H and O–H groups in total. The van der Waals surface area contributed by atoms with Crippen molar-refractivity contribution in [2.24, 2.45) is 5.92 Å². The Labute approximate surface area is 170 Å². The molecule has 2 saturated heterocycles. The summed E-state index contributed by atoms with van der Waals surface area (Å²) in [6.45, 7) is 3.58. The fourth-order valence-electron chi connectivity index (χ4n) is 3.60. The Morgan fingerprint density at radius 2 is 1.52 bits per heavy atom. The average molecular weight is 423 g/mol. The van der Waals surface area contributed by atoms with E-state index in [1.807, 2.05) is 0 Å². The Morgan fingerprint density at radius 1 is 0.931 bits per heavy atom. The van der Waals surface area contributed by atoms with E-state index in [9.17, 15) is 22.8 Å². The second-order valence-electron chi connectivity index (χ2n) is 7.36. The van der Waals surface area contributed by atoms with E-state index >= 15 is 0 Å². The maximum atomic E-state index is 12.5. The summed E-state index contributed by atoms with van der Waals surface area (Å²) < 4.78 is 26.5. The van der Waals surface area contributed by atoms with E-state index in [1.165, 1.54) is 35.5 Å². The maximum absolute atomic E-state index is 12.5. The van der Waals surface area contributed by atoms with Crippen LogP contribution in [0.5, 0.6) is 0 Å². The Bertz CT molecular complexity index is 870. The number of amides is 3. The van der Waals surface area contributed by atoms with Crippen LogP contribution in [0.4, 0.5) is 0 Å². The van der Waals surface area contributed by atoms with E-state index < -0.39 is 15.9 Å². The van der Waals surface area contributed by atoms with E-state index in [2.05, 4.69) is 10.9 Å². The number of piperidine rings is 1. The molecule has 0 atom stereocenters. The largest absolute Gasteiger partial charge is 0.343 e. The monoisotopic (exact) mass is 422 g/mol. The van der Waals surface area contributed by atoms with Crippen LogP contribution in [0.3, 0.4) is 0 Å². The van der Waals surface area contributed by atoms with Gasteiger partial charge in [0, 0.05) is 44.6 Å². The van der Waals surface area contributed by atoms with E-state index in [1.54, 1.807) is 4.90 Å². The first kappa shape index (κ1) is 21.3. The molecule has 2 aliphatic rings. The summed E-state index contributed by atoms with van der Waals surface area (Å²) in [6, 6.07) is 5.66. The molecule has 0 aliphatic carbocycles. The number of likely N-dealkylation sites (tertiary alicyclic amines) is 1. The SMILES string of the molecule is CC(=O)N1CCC(C(=O)NNC(=O)c2ccc(S(=O)(=O)N3CCCC3)cc2)CC1. The molecule has 2 heterocycles. The normalized spacial score (nSPS) is 18.4. The number of hydrogen-bond acceptors (Lipinski definition) is 5. The van der Waals surface area contributed by atoms with Crippen LogP contribution in [0, 0.1) is 5.92 Å². The number of nitrogens with zero attached hydrogens (tertiary/aromatic N) is 2. The van der Waals surface area contributed by atoms with Crippen molar-refractivity contribution in [1.29, 1.82) is 0 Å². The van der Waals surface area contributed by atoms with Gasteiger partial charge in [0.2, 0.25) is 21.8 Å². The first-order chi connectivity index (χ1) is 13.8. The highest BCUT2D eigenvalue weighted by molar-refractivity contribution is 7.89. The number of carbonyl (C=O) groups excluding carboxylic acids is 3. The highest BCUT2D eigenvalue weighted by atomic mass is 32.2. The highest BCUT2D eigenvalue weighted by Gasteiger charge is 2.28. The zero-order chi connectivity index (χ0) is 21.0. The van der Waals surface area contributed by atoms with Gasteiger partial charge in [-0.05, 0) is 49.9 Å². The van der Waals surface area contributed by atoms with Gasteiger partial charge in [-0.3, -0.25) is 25.2 Å². The molecular formula is C19H26N4O5S. The topological polar surface area (TPSA) is 116 Å². The molecule has 9 nitrogen and oxygen atoms in total. The van der Waals surface area contributed by atoms with E-state index in [4.69, 9.17) is 0 Å². The lowest BCUT2D eigenvalue weighted by Crippen LogP contribution is -2.48. The van der Waals surface area contributed by atoms with Crippen molar-refractivity contribution >= 4 is 27.7 Å². The molecule has 2 fully saturated rings. The van der Waals surface area contributed by atoms with Crippen LogP contribution in [0.1, 0.15) is 43.0 Å². The summed E-state index contributed by atoms with van der Waals surface area (Å²) >= 11 is 0. The predicted octanol–water partition coefficient (Wildman–Crippen LogP) is 0.491. The minimum absolute atomic E-state index is 0.00708. The van der Waals surface area contributed by atoms with Crippen molar-refractivity contribution in [2.75, 3.05) is 26.2 Å². The Kier molecular flexibility index (Phi) is 6.53. The molecule has 1 aromatic carbocycles. The Hall–Kier alpha value is -2.46. The molecule has 158 valence electrons. The minimum Gasteiger partial charge on any atom is -0.343 e. The number of sulfonamides is 1. The van der Waals surface area contributed by atoms with E-state index in [0.29, 0.717) is 39.0 Å². The molecule has 0 aromatic heterocycles. The van der Waals surface area contributed by atoms with Gasteiger partial charge in [-0.2, -0.15) is 4.31 Å². The third kappa shape index (κ3) is 4.94. The first-order valence-electron chi connectivity index (χ1n) is 9.75. The van der Waals surface area contributed by atoms with Gasteiger partial charge in [-0.1, -0.05) is 0 Å². The fourth-order valence-corrected chi connectivity index (χ4v) is 5.12. The number of benzene rings is 1. The zero-order valence-corrected chi connectivity index (χ0v) is 17.2. The van der Waals surface area contributed by atoms with Crippen LogP contribution in [0.2, 0.25) is 0 Å². The summed E-state index contributed by atoms with van der Waals surface area (Å²) in [5.74, 6) is -1.09. The molecular weight excluding hydrogens is 396 g/mol. The van der Waals surface area contributed by atoms with Crippen molar-refractivity contribution < 1.29 is 22.8 Å². The lowest BCUT2D eigenvalue weighted by atomic mass is 9.96. The standard InChI is InChI=1S/C19H26N4O5S/c1-14(24)22-12-8-16(9-13-22)19(26)21-20-18(25)15-4-6-17(7-5-15)29(27,28)23-10-2-3-11-23/h4-7,16H,2-3,8-13H2,1H3,(H,20,25)(H,21,26). The summed E-state index contributed by atoms with van der Waals surface area (Å²) in [7, 11) is -3.53. The first-order valence-corrected chi connectivity index (χ1v) is 11.2. The van der Waals surface area contributed by atoms with Gasteiger partial charge in [-0.15, -0.1) is 0 Å². The van der Waals surface area contributed by atoms with Crippen LogP contribution in [-0.2, 0) is 19.6 Å². The molecule has 3 amide bonds. The van der Waals surface area contributed by atoms with Crippen molar-refractivity contribution in [3.05, 3.63) is 29.8 Å². The molecule has 2 aliphatic heterocycles. The predicted molar refractivity (Wildman–Crippen MR) is 105 cm³/mol. The number of hydrazine groups is 1. The molecule has 0 unspecified atom stereocenters. The zero-order valence-electron chi connectivity index (χ0n) is 16.4. The Morgan fingerprint density at radius 3 is 2.07 bits per heavy atom. The minimum atomic E-state index is -3.53. The highest BCUT2D eigenvalue weighted by Crippen LogP contribution is 2.21. The average Bonchev–Trinajstić information content (AvgIpc) is 3.27. The summed E-state index contributed by atoms with van der Waals surface area (Å²) in [6.07, 6.45) is 2.80. The second kappa shape index (κ2) is 8.91. The van der Waals surface area contributed by atoms with Crippen LogP contribution < -0.4 is 10.9 Å². The van der Waals surface area contributed by atoms with Crippen LogP contribution >= 0.6 is 0 Å². The number of nitrogens with one attached hydrogen (secondary N) is 2. The van der Waals surface area contributed by atoms with Crippen molar-refractivity contribution in [3.8, 4) is 0 Å². The lowest BCUT2D eigenvalue weighted by Gasteiger charge is -2.30.